The van der Waals surface area contributed by atoms with Crippen LogP contribution in [0.3, 0.4) is 0 Å². The van der Waals surface area contributed by atoms with Crippen molar-refractivity contribution in [2.45, 2.75) is 65.2 Å². The zero-order valence-electron chi connectivity index (χ0n) is 13.3. The van der Waals surface area contributed by atoms with Crippen molar-refractivity contribution in [2.75, 3.05) is 0 Å². The van der Waals surface area contributed by atoms with Crippen molar-refractivity contribution in [2.24, 2.45) is 11.8 Å². The molecule has 0 aromatic carbocycles. The summed E-state index contributed by atoms with van der Waals surface area (Å²) in [6.07, 6.45) is 5.39. The second-order valence-electron chi connectivity index (χ2n) is 6.92. The Morgan fingerprint density at radius 2 is 2.05 bits per heavy atom. The van der Waals surface area contributed by atoms with E-state index >= 15 is 0 Å². The van der Waals surface area contributed by atoms with E-state index in [-0.39, 0.29) is 12.2 Å². The lowest BCUT2D eigenvalue weighted by Crippen LogP contribution is -2.42. The molecular weight excluding hydrogens is 280 g/mol. The second kappa shape index (κ2) is 6.09. The Labute approximate surface area is 131 Å². The van der Waals surface area contributed by atoms with Gasteiger partial charge in [0.15, 0.2) is 0 Å². The summed E-state index contributed by atoms with van der Waals surface area (Å²) in [4.78, 5) is 14.9. The highest BCUT2D eigenvalue weighted by molar-refractivity contribution is 7.08. The third-order valence-electron chi connectivity index (χ3n) is 5.05. The van der Waals surface area contributed by atoms with Gasteiger partial charge in [-0.3, -0.25) is 10.1 Å². The number of carbonyl (C=O) groups excluding carboxylic acids is 1. The molecule has 2 fully saturated rings. The first-order valence-electron chi connectivity index (χ1n) is 8.16. The predicted molar refractivity (Wildman–Crippen MR) is 87.1 cm³/mol. The highest BCUT2D eigenvalue weighted by Gasteiger charge is 2.44. The number of hydrogen-bond acceptors (Lipinski definition) is 3. The summed E-state index contributed by atoms with van der Waals surface area (Å²) in [7, 11) is 0. The molecule has 0 spiro atoms. The number of rotatable bonds is 4. The van der Waals surface area contributed by atoms with Gasteiger partial charge in [-0.15, -0.1) is 0 Å². The Kier molecular flexibility index (Phi) is 4.36. The first kappa shape index (κ1) is 15.0. The Morgan fingerprint density at radius 1 is 1.33 bits per heavy atom. The van der Waals surface area contributed by atoms with Crippen LogP contribution in [0.1, 0.15) is 50.7 Å². The van der Waals surface area contributed by atoms with Gasteiger partial charge in [0.25, 0.3) is 0 Å². The van der Waals surface area contributed by atoms with Crippen molar-refractivity contribution in [1.29, 1.82) is 0 Å². The average Bonchev–Trinajstić information content (AvgIpc) is 3.13. The van der Waals surface area contributed by atoms with E-state index in [9.17, 15) is 4.79 Å². The van der Waals surface area contributed by atoms with E-state index < -0.39 is 0 Å². The first-order valence-corrected chi connectivity index (χ1v) is 9.10. The molecule has 1 saturated heterocycles. The monoisotopic (exact) mass is 306 g/mol. The minimum atomic E-state index is -0.00505. The molecule has 3 rings (SSSR count). The molecule has 2 aliphatic rings. The fourth-order valence-corrected chi connectivity index (χ4v) is 4.56. The van der Waals surface area contributed by atoms with E-state index in [2.05, 4.69) is 41.7 Å². The number of nitrogens with one attached hydrogen (secondary N) is 1. The minimum Gasteiger partial charge on any atom is -0.321 e. The van der Waals surface area contributed by atoms with E-state index in [4.69, 9.17) is 0 Å². The van der Waals surface area contributed by atoms with Crippen molar-refractivity contribution in [3.8, 4) is 0 Å². The Morgan fingerprint density at radius 3 is 2.62 bits per heavy atom. The lowest BCUT2D eigenvalue weighted by Gasteiger charge is -2.29. The molecule has 3 nitrogen and oxygen atoms in total. The van der Waals surface area contributed by atoms with Gasteiger partial charge in [-0.05, 0) is 53.5 Å². The third kappa shape index (κ3) is 2.88. The van der Waals surface area contributed by atoms with Gasteiger partial charge >= 0.3 is 0 Å². The average molecular weight is 306 g/mol. The van der Waals surface area contributed by atoms with Gasteiger partial charge in [0.05, 0.1) is 12.2 Å². The van der Waals surface area contributed by atoms with Crippen LogP contribution in [0, 0.1) is 18.8 Å². The standard InChI is InChI=1S/C17H26N2OS/c1-11(2)15-17(20)19(8-14-10-21-9-12(14)3)16(18-15)13-6-4-5-7-13/h9-11,13,15-16,18H,4-8H2,1-3H3. The molecule has 1 amide bonds. The van der Waals surface area contributed by atoms with E-state index in [0.29, 0.717) is 17.7 Å². The van der Waals surface area contributed by atoms with Crippen LogP contribution in [-0.4, -0.2) is 23.0 Å². The van der Waals surface area contributed by atoms with Crippen LogP contribution in [0.15, 0.2) is 10.8 Å². The number of hydrogen-bond donors (Lipinski definition) is 1. The first-order chi connectivity index (χ1) is 10.1. The van der Waals surface area contributed by atoms with E-state index in [0.717, 1.165) is 6.54 Å². The summed E-state index contributed by atoms with van der Waals surface area (Å²) in [5.41, 5.74) is 2.62. The van der Waals surface area contributed by atoms with E-state index in [1.165, 1.54) is 36.8 Å². The van der Waals surface area contributed by atoms with Gasteiger partial charge in [0.1, 0.15) is 0 Å². The van der Waals surface area contributed by atoms with Crippen LogP contribution in [0.25, 0.3) is 0 Å². The second-order valence-corrected chi connectivity index (χ2v) is 7.67. The molecule has 0 radical (unpaired) electrons. The number of aryl methyl sites for hydroxylation is 1. The maximum Gasteiger partial charge on any atom is 0.241 e. The van der Waals surface area contributed by atoms with Crippen LogP contribution in [-0.2, 0) is 11.3 Å². The number of nitrogens with zero attached hydrogens (tertiary/aromatic N) is 1. The largest absolute Gasteiger partial charge is 0.321 e. The molecule has 2 heterocycles. The molecule has 0 bridgehead atoms. The summed E-state index contributed by atoms with van der Waals surface area (Å²) in [5, 5.41) is 8.01. The Balaban J connectivity index is 1.82. The Hall–Kier alpha value is -0.870. The topological polar surface area (TPSA) is 32.3 Å². The summed E-state index contributed by atoms with van der Waals surface area (Å²) < 4.78 is 0. The zero-order chi connectivity index (χ0) is 15.0. The van der Waals surface area contributed by atoms with E-state index in [1.54, 1.807) is 11.3 Å². The van der Waals surface area contributed by atoms with Crippen LogP contribution >= 0.6 is 11.3 Å². The van der Waals surface area contributed by atoms with Gasteiger partial charge in [0.2, 0.25) is 5.91 Å². The summed E-state index contributed by atoms with van der Waals surface area (Å²) >= 11 is 1.73. The minimum absolute atomic E-state index is 0.00505. The number of carbonyl (C=O) groups is 1. The fourth-order valence-electron chi connectivity index (χ4n) is 3.71. The highest BCUT2D eigenvalue weighted by atomic mass is 32.1. The SMILES string of the molecule is Cc1cscc1CN1C(=O)C(C(C)C)NC1C1CCCC1. The molecule has 2 atom stereocenters. The van der Waals surface area contributed by atoms with Crippen LogP contribution in [0.5, 0.6) is 0 Å². The Bertz CT molecular complexity index is 505. The van der Waals surface area contributed by atoms with Crippen molar-refractivity contribution >= 4 is 17.2 Å². The highest BCUT2D eigenvalue weighted by Crippen LogP contribution is 2.34. The lowest BCUT2D eigenvalue weighted by molar-refractivity contribution is -0.131. The van der Waals surface area contributed by atoms with E-state index in [1.807, 2.05) is 0 Å². The van der Waals surface area contributed by atoms with Crippen LogP contribution in [0.4, 0.5) is 0 Å². The molecule has 1 aliphatic heterocycles. The normalized spacial score (nSPS) is 27.2. The fraction of sp³-hybridized carbons (Fsp3) is 0.706. The summed E-state index contributed by atoms with van der Waals surface area (Å²) in [6.45, 7) is 7.19. The van der Waals surface area contributed by atoms with Gasteiger partial charge in [-0.1, -0.05) is 26.7 Å². The maximum absolute atomic E-state index is 12.8. The lowest BCUT2D eigenvalue weighted by atomic mass is 10.0. The molecule has 21 heavy (non-hydrogen) atoms. The summed E-state index contributed by atoms with van der Waals surface area (Å²) in [5.74, 6) is 1.29. The van der Waals surface area contributed by atoms with Crippen molar-refractivity contribution in [1.82, 2.24) is 10.2 Å². The molecular formula is C17H26N2OS. The smallest absolute Gasteiger partial charge is 0.241 e. The molecule has 1 N–H and O–H groups in total. The quantitative estimate of drug-likeness (QED) is 0.923. The molecule has 1 aliphatic carbocycles. The number of thiophene rings is 1. The van der Waals surface area contributed by atoms with Crippen molar-refractivity contribution in [3.05, 3.63) is 21.9 Å². The molecule has 116 valence electrons. The summed E-state index contributed by atoms with van der Waals surface area (Å²) in [6, 6.07) is -0.00505. The number of amides is 1. The van der Waals surface area contributed by atoms with Crippen molar-refractivity contribution in [3.63, 3.8) is 0 Å². The molecule has 1 aromatic rings. The predicted octanol–water partition coefficient (Wildman–Crippen LogP) is 3.53. The van der Waals surface area contributed by atoms with Gasteiger partial charge in [-0.25, -0.2) is 0 Å². The van der Waals surface area contributed by atoms with Crippen LogP contribution in [0.2, 0.25) is 0 Å². The van der Waals surface area contributed by atoms with Crippen LogP contribution < -0.4 is 5.32 Å². The third-order valence-corrected chi connectivity index (χ3v) is 5.96. The zero-order valence-corrected chi connectivity index (χ0v) is 14.1. The van der Waals surface area contributed by atoms with Gasteiger partial charge in [0, 0.05) is 6.54 Å². The van der Waals surface area contributed by atoms with Gasteiger partial charge < -0.3 is 4.90 Å². The van der Waals surface area contributed by atoms with Crippen molar-refractivity contribution < 1.29 is 4.79 Å². The molecule has 2 unspecified atom stereocenters. The maximum atomic E-state index is 12.8. The molecule has 1 aromatic heterocycles. The molecule has 1 saturated carbocycles. The van der Waals surface area contributed by atoms with Gasteiger partial charge in [-0.2, -0.15) is 11.3 Å². The molecule has 4 heteroatoms.